The first-order chi connectivity index (χ1) is 21.2. The smallest absolute Gasteiger partial charge is 0.243 e. The zero-order chi connectivity index (χ0) is 31.7. The van der Waals surface area contributed by atoms with Crippen LogP contribution in [0.4, 0.5) is 0 Å². The van der Waals surface area contributed by atoms with Crippen LogP contribution >= 0.6 is 21.6 Å². The van der Waals surface area contributed by atoms with Gasteiger partial charge in [-0.25, -0.2) is 4.98 Å². The molecule has 4 amide bonds. The molecular formula is C29H43N9O4S2. The molecular weight excluding hydrogens is 603 g/mol. The minimum Gasteiger partial charge on any atom is -0.370 e. The van der Waals surface area contributed by atoms with Gasteiger partial charge < -0.3 is 38.1 Å². The Morgan fingerprint density at radius 2 is 1.68 bits per heavy atom. The number of nitrogens with zero attached hydrogens (tertiary/aromatic N) is 2. The normalized spacial score (nSPS) is 16.3. The van der Waals surface area contributed by atoms with E-state index in [4.69, 9.17) is 17.2 Å². The number of nitrogens with two attached hydrogens (primary N) is 3. The van der Waals surface area contributed by atoms with Gasteiger partial charge in [0.25, 0.3) is 0 Å². The van der Waals surface area contributed by atoms with E-state index in [-0.39, 0.29) is 37.7 Å². The van der Waals surface area contributed by atoms with Gasteiger partial charge in [0, 0.05) is 48.7 Å². The number of aromatic amines is 1. The summed E-state index contributed by atoms with van der Waals surface area (Å²) in [5.74, 6) is -0.977. The van der Waals surface area contributed by atoms with Gasteiger partial charge >= 0.3 is 0 Å². The highest BCUT2D eigenvalue weighted by Gasteiger charge is 2.30. The number of rotatable bonds is 19. The Morgan fingerprint density at radius 1 is 0.955 bits per heavy atom. The van der Waals surface area contributed by atoms with E-state index in [0.29, 0.717) is 23.8 Å². The molecule has 3 rings (SSSR count). The first kappa shape index (κ1) is 34.8. The first-order valence-corrected chi connectivity index (χ1v) is 17.1. The highest BCUT2D eigenvalue weighted by molar-refractivity contribution is 8.77. The van der Waals surface area contributed by atoms with Crippen molar-refractivity contribution < 1.29 is 19.2 Å². The van der Waals surface area contributed by atoms with Crippen LogP contribution in [0.2, 0.25) is 0 Å². The quantitative estimate of drug-likeness (QED) is 0.0498. The molecule has 1 saturated heterocycles. The summed E-state index contributed by atoms with van der Waals surface area (Å²) in [7, 11) is 3.82. The second-order valence-corrected chi connectivity index (χ2v) is 13.4. The molecule has 2 aromatic rings. The second-order valence-electron chi connectivity index (χ2n) is 10.6. The fourth-order valence-corrected chi connectivity index (χ4v) is 7.73. The zero-order valence-electron chi connectivity index (χ0n) is 24.7. The Hall–Kier alpha value is -3.72. The second kappa shape index (κ2) is 18.8. The molecule has 2 heterocycles. The molecule has 10 N–H and O–H groups in total. The molecule has 240 valence electrons. The maximum Gasteiger partial charge on any atom is 0.243 e. The highest BCUT2D eigenvalue weighted by atomic mass is 33.1. The molecule has 0 saturated carbocycles. The minimum absolute atomic E-state index is 0.0746. The third kappa shape index (κ3) is 12.9. The number of hydrogen-bond acceptors (Lipinski definition) is 8. The van der Waals surface area contributed by atoms with Gasteiger partial charge in [-0.15, -0.1) is 0 Å². The maximum atomic E-state index is 13.6. The van der Waals surface area contributed by atoms with Crippen LogP contribution in [-0.4, -0.2) is 75.2 Å². The molecule has 0 unspecified atom stereocenters. The van der Waals surface area contributed by atoms with Crippen molar-refractivity contribution in [1.82, 2.24) is 25.9 Å². The molecule has 0 spiro atoms. The van der Waals surface area contributed by atoms with Crippen LogP contribution in [0.1, 0.15) is 56.2 Å². The molecule has 1 aromatic carbocycles. The molecule has 13 nitrogen and oxygen atoms in total. The molecule has 1 aromatic heterocycles. The number of imidazole rings is 1. The van der Waals surface area contributed by atoms with Gasteiger partial charge in [0.2, 0.25) is 23.6 Å². The van der Waals surface area contributed by atoms with E-state index in [9.17, 15) is 19.2 Å². The van der Waals surface area contributed by atoms with Gasteiger partial charge in [-0.1, -0.05) is 58.3 Å². The van der Waals surface area contributed by atoms with Crippen LogP contribution in [0.3, 0.4) is 0 Å². The van der Waals surface area contributed by atoms with Crippen LogP contribution in [0.5, 0.6) is 0 Å². The molecule has 4 atom stereocenters. The maximum absolute atomic E-state index is 13.6. The van der Waals surface area contributed by atoms with Crippen molar-refractivity contribution in [2.45, 2.75) is 81.2 Å². The number of guanidine groups is 1. The summed E-state index contributed by atoms with van der Waals surface area (Å²) < 4.78 is 0. The number of carbonyl (C=O) groups is 4. The predicted molar refractivity (Wildman–Crippen MR) is 174 cm³/mol. The largest absolute Gasteiger partial charge is 0.370 e. The van der Waals surface area contributed by atoms with Crippen molar-refractivity contribution in [3.8, 4) is 0 Å². The Kier molecular flexibility index (Phi) is 14.9. The standard InChI is InChI=1S/C29H43N9O4S2/c30-26(40)22(10-6-13-34-29(31)32)37-27(41)23(15-19-7-2-1-3-8-19)38-28(42)24(16-20-17-33-18-35-20)36-25(39)11-5-4-9-21-12-14-43-44-21/h1-3,7-8,17-18,21-24H,4-6,9-16H2,(H2,30,40)(H,33,35)(H,36,39)(H,37,41)(H,38,42)(H4,31,32,34)/t21-,22+,23-,24+/m1/s1. The average molecular weight is 646 g/mol. The van der Waals surface area contributed by atoms with Crippen molar-refractivity contribution in [2.75, 3.05) is 12.3 Å². The lowest BCUT2D eigenvalue weighted by Gasteiger charge is -2.25. The van der Waals surface area contributed by atoms with E-state index in [1.807, 2.05) is 51.9 Å². The number of aromatic nitrogens is 2. The topological polar surface area (TPSA) is 223 Å². The van der Waals surface area contributed by atoms with Crippen LogP contribution in [0, 0.1) is 0 Å². The van der Waals surface area contributed by atoms with E-state index in [0.717, 1.165) is 24.8 Å². The molecule has 15 heteroatoms. The van der Waals surface area contributed by atoms with E-state index in [1.165, 1.54) is 18.5 Å². The van der Waals surface area contributed by atoms with Crippen LogP contribution < -0.4 is 33.2 Å². The van der Waals surface area contributed by atoms with Crippen LogP contribution in [-0.2, 0) is 32.0 Å². The number of hydrogen-bond donors (Lipinski definition) is 7. The van der Waals surface area contributed by atoms with Gasteiger partial charge in [0.05, 0.1) is 6.33 Å². The summed E-state index contributed by atoms with van der Waals surface area (Å²) in [6.07, 6.45) is 8.22. The fraction of sp³-hybridized carbons (Fsp3) is 0.517. The average Bonchev–Trinajstić information content (AvgIpc) is 3.71. The summed E-state index contributed by atoms with van der Waals surface area (Å²) in [6, 6.07) is 6.17. The van der Waals surface area contributed by atoms with Crippen molar-refractivity contribution in [3.63, 3.8) is 0 Å². The van der Waals surface area contributed by atoms with Crippen molar-refractivity contribution >= 4 is 51.2 Å². The van der Waals surface area contributed by atoms with E-state index in [2.05, 4.69) is 30.9 Å². The number of primary amides is 1. The predicted octanol–water partition coefficient (Wildman–Crippen LogP) is 0.902. The number of unbranched alkanes of at least 4 members (excludes halogenated alkanes) is 1. The minimum atomic E-state index is -1.05. The first-order valence-electron chi connectivity index (χ1n) is 14.8. The molecule has 1 fully saturated rings. The molecule has 1 aliphatic heterocycles. The van der Waals surface area contributed by atoms with Gasteiger partial charge in [0.15, 0.2) is 5.96 Å². The lowest BCUT2D eigenvalue weighted by atomic mass is 10.0. The number of amides is 4. The molecule has 0 bridgehead atoms. The number of aliphatic imine (C=N–C) groups is 1. The summed E-state index contributed by atoms with van der Waals surface area (Å²) in [5, 5.41) is 8.96. The molecule has 1 aliphatic rings. The Labute approximate surface area is 265 Å². The van der Waals surface area contributed by atoms with Crippen LogP contribution in [0.15, 0.2) is 47.8 Å². The SMILES string of the molecule is NC(=O)[C@H](CCCN=C(N)N)NC(=O)[C@@H](Cc1ccccc1)NC(=O)[C@H](Cc1cnc[nH]1)NC(=O)CCCC[C@@H]1CCSS1. The van der Waals surface area contributed by atoms with Crippen molar-refractivity contribution in [2.24, 2.45) is 22.2 Å². The van der Waals surface area contributed by atoms with Crippen LogP contribution in [0.25, 0.3) is 0 Å². The Bertz CT molecular complexity index is 1220. The van der Waals surface area contributed by atoms with Gasteiger partial charge in [-0.05, 0) is 37.7 Å². The van der Waals surface area contributed by atoms with Crippen molar-refractivity contribution in [1.29, 1.82) is 0 Å². The van der Waals surface area contributed by atoms with E-state index >= 15 is 0 Å². The number of nitrogens with one attached hydrogen (secondary N) is 4. The molecule has 44 heavy (non-hydrogen) atoms. The Balaban J connectivity index is 1.67. The van der Waals surface area contributed by atoms with Gasteiger partial charge in [0.1, 0.15) is 18.1 Å². The number of benzene rings is 1. The lowest BCUT2D eigenvalue weighted by Crippen LogP contribution is -2.57. The third-order valence-corrected chi connectivity index (χ3v) is 10.1. The number of H-pyrrole nitrogens is 1. The lowest BCUT2D eigenvalue weighted by molar-refractivity contribution is -0.133. The fourth-order valence-electron chi connectivity index (χ4n) is 4.71. The molecule has 0 radical (unpaired) electrons. The van der Waals surface area contributed by atoms with Crippen molar-refractivity contribution in [3.05, 3.63) is 54.1 Å². The zero-order valence-corrected chi connectivity index (χ0v) is 26.3. The third-order valence-electron chi connectivity index (χ3n) is 7.06. The Morgan fingerprint density at radius 3 is 2.32 bits per heavy atom. The summed E-state index contributed by atoms with van der Waals surface area (Å²) in [4.78, 5) is 63.0. The summed E-state index contributed by atoms with van der Waals surface area (Å²) in [6.45, 7) is 0.264. The molecule has 0 aliphatic carbocycles. The summed E-state index contributed by atoms with van der Waals surface area (Å²) >= 11 is 0. The monoisotopic (exact) mass is 645 g/mol. The van der Waals surface area contributed by atoms with E-state index in [1.54, 1.807) is 6.20 Å². The number of carbonyl (C=O) groups excluding carboxylic acids is 4. The highest BCUT2D eigenvalue weighted by Crippen LogP contribution is 2.39. The summed E-state index contributed by atoms with van der Waals surface area (Å²) in [5.41, 5.74) is 17.7. The van der Waals surface area contributed by atoms with Gasteiger partial charge in [-0.2, -0.15) is 0 Å². The van der Waals surface area contributed by atoms with Gasteiger partial charge in [-0.3, -0.25) is 24.2 Å². The van der Waals surface area contributed by atoms with E-state index < -0.39 is 35.8 Å².